The van der Waals surface area contributed by atoms with Crippen molar-refractivity contribution in [2.24, 2.45) is 5.73 Å². The minimum Gasteiger partial charge on any atom is -0.493 e. The van der Waals surface area contributed by atoms with Gasteiger partial charge < -0.3 is 15.4 Å². The van der Waals surface area contributed by atoms with Gasteiger partial charge in [-0.05, 0) is 32.6 Å². The summed E-state index contributed by atoms with van der Waals surface area (Å²) in [6.45, 7) is 1.75. The third-order valence-corrected chi connectivity index (χ3v) is 2.28. The molecule has 0 aliphatic heterocycles. The van der Waals surface area contributed by atoms with E-state index in [-0.39, 0.29) is 12.4 Å². The van der Waals surface area contributed by atoms with Gasteiger partial charge in [0, 0.05) is 12.6 Å². The number of nitrogens with two attached hydrogens (primary N) is 1. The second kappa shape index (κ2) is 7.70. The van der Waals surface area contributed by atoms with Crippen molar-refractivity contribution in [2.75, 3.05) is 33.8 Å². The summed E-state index contributed by atoms with van der Waals surface area (Å²) in [5.41, 5.74) is 5.59. The molecule has 0 saturated heterocycles. The molecule has 3 nitrogen and oxygen atoms in total. The molecule has 0 fully saturated rings. The molecule has 0 atom stereocenters. The molecule has 0 aliphatic carbocycles. The Bertz CT molecular complexity index is 435. The van der Waals surface area contributed by atoms with Crippen LogP contribution >= 0.6 is 0 Å². The summed E-state index contributed by atoms with van der Waals surface area (Å²) in [5, 5.41) is 0. The van der Waals surface area contributed by atoms with E-state index in [4.69, 9.17) is 10.5 Å². The van der Waals surface area contributed by atoms with Gasteiger partial charge in [-0.3, -0.25) is 0 Å². The highest BCUT2D eigenvalue weighted by Crippen LogP contribution is 2.16. The van der Waals surface area contributed by atoms with E-state index in [1.807, 2.05) is 14.1 Å². The minimum absolute atomic E-state index is 0.224. The third-order valence-electron chi connectivity index (χ3n) is 2.28. The second-order valence-electron chi connectivity index (χ2n) is 4.15. The minimum atomic E-state index is -0.374. The Morgan fingerprint density at radius 1 is 1.39 bits per heavy atom. The van der Waals surface area contributed by atoms with Gasteiger partial charge in [-0.1, -0.05) is 11.8 Å². The molecule has 2 N–H and O–H groups in total. The summed E-state index contributed by atoms with van der Waals surface area (Å²) in [6, 6.07) is 4.69. The molecular weight excluding hydrogens is 231 g/mol. The largest absolute Gasteiger partial charge is 0.493 e. The van der Waals surface area contributed by atoms with Crippen molar-refractivity contribution in [1.29, 1.82) is 0 Å². The molecule has 0 amide bonds. The van der Waals surface area contributed by atoms with Gasteiger partial charge in [-0.15, -0.1) is 0 Å². The van der Waals surface area contributed by atoms with Crippen LogP contribution in [0.4, 0.5) is 4.39 Å². The van der Waals surface area contributed by atoms with Gasteiger partial charge in [-0.2, -0.15) is 0 Å². The van der Waals surface area contributed by atoms with Crippen LogP contribution in [0.5, 0.6) is 5.75 Å². The Morgan fingerprint density at radius 2 is 2.17 bits per heavy atom. The van der Waals surface area contributed by atoms with Crippen molar-refractivity contribution in [2.45, 2.75) is 6.42 Å². The normalized spacial score (nSPS) is 10.1. The van der Waals surface area contributed by atoms with Gasteiger partial charge in [0.15, 0.2) is 0 Å². The average Bonchev–Trinajstić information content (AvgIpc) is 2.33. The fourth-order valence-corrected chi connectivity index (χ4v) is 1.40. The lowest BCUT2D eigenvalue weighted by Crippen LogP contribution is -2.15. The van der Waals surface area contributed by atoms with Gasteiger partial charge in [-0.25, -0.2) is 4.39 Å². The standard InChI is InChI=1S/C14H19FN2O/c1-17(2)9-4-10-18-13-7-6-12(5-3-8-16)14(15)11-13/h6-7,11H,4,8-10,16H2,1-2H3. The molecule has 4 heteroatoms. The molecule has 98 valence electrons. The van der Waals surface area contributed by atoms with Crippen LogP contribution in [-0.4, -0.2) is 38.7 Å². The van der Waals surface area contributed by atoms with E-state index in [9.17, 15) is 4.39 Å². The summed E-state index contributed by atoms with van der Waals surface area (Å²) >= 11 is 0. The molecule has 1 rings (SSSR count). The first-order valence-corrected chi connectivity index (χ1v) is 5.89. The lowest BCUT2D eigenvalue weighted by molar-refractivity contribution is 0.280. The van der Waals surface area contributed by atoms with Crippen molar-refractivity contribution < 1.29 is 9.13 Å². The van der Waals surface area contributed by atoms with E-state index in [1.54, 1.807) is 12.1 Å². The van der Waals surface area contributed by atoms with Crippen LogP contribution in [-0.2, 0) is 0 Å². The molecule has 0 spiro atoms. The first-order valence-electron chi connectivity index (χ1n) is 5.89. The van der Waals surface area contributed by atoms with E-state index in [0.29, 0.717) is 17.9 Å². The molecule has 0 unspecified atom stereocenters. The predicted molar refractivity (Wildman–Crippen MR) is 71.0 cm³/mol. The molecule has 0 aromatic heterocycles. The molecule has 1 aromatic rings. The molecule has 0 heterocycles. The van der Waals surface area contributed by atoms with E-state index >= 15 is 0 Å². The highest BCUT2D eigenvalue weighted by molar-refractivity contribution is 5.39. The lowest BCUT2D eigenvalue weighted by atomic mass is 10.2. The van der Waals surface area contributed by atoms with Gasteiger partial charge in [0.25, 0.3) is 0 Å². The fourth-order valence-electron chi connectivity index (χ4n) is 1.40. The zero-order valence-corrected chi connectivity index (χ0v) is 10.9. The van der Waals surface area contributed by atoms with Crippen molar-refractivity contribution in [3.8, 4) is 17.6 Å². The van der Waals surface area contributed by atoms with Gasteiger partial charge in [0.1, 0.15) is 11.6 Å². The van der Waals surface area contributed by atoms with Crippen LogP contribution in [0.2, 0.25) is 0 Å². The van der Waals surface area contributed by atoms with E-state index in [0.717, 1.165) is 13.0 Å². The van der Waals surface area contributed by atoms with Crippen LogP contribution in [0, 0.1) is 17.7 Å². The Morgan fingerprint density at radius 3 is 2.78 bits per heavy atom. The molecule has 18 heavy (non-hydrogen) atoms. The predicted octanol–water partition coefficient (Wildman–Crippen LogP) is 1.47. The molecular formula is C14H19FN2O. The summed E-state index contributed by atoms with van der Waals surface area (Å²) in [6.07, 6.45) is 0.906. The molecule has 0 radical (unpaired) electrons. The first-order chi connectivity index (χ1) is 8.63. The monoisotopic (exact) mass is 250 g/mol. The van der Waals surface area contributed by atoms with Gasteiger partial charge >= 0.3 is 0 Å². The molecule has 0 saturated carbocycles. The lowest BCUT2D eigenvalue weighted by Gasteiger charge is -2.10. The Hall–Kier alpha value is -1.57. The van der Waals surface area contributed by atoms with E-state index < -0.39 is 0 Å². The van der Waals surface area contributed by atoms with Crippen molar-refractivity contribution in [1.82, 2.24) is 4.90 Å². The summed E-state index contributed by atoms with van der Waals surface area (Å²) in [5.74, 6) is 5.45. The highest BCUT2D eigenvalue weighted by atomic mass is 19.1. The number of halogens is 1. The maximum absolute atomic E-state index is 13.6. The molecule has 1 aromatic carbocycles. The van der Waals surface area contributed by atoms with E-state index in [1.165, 1.54) is 6.07 Å². The molecule has 0 aliphatic rings. The quantitative estimate of drug-likeness (QED) is 0.635. The SMILES string of the molecule is CN(C)CCCOc1ccc(C#CCN)c(F)c1. The topological polar surface area (TPSA) is 38.5 Å². The van der Waals surface area contributed by atoms with Crippen LogP contribution in [0.3, 0.4) is 0 Å². The Labute approximate surface area is 108 Å². The number of benzene rings is 1. The average molecular weight is 250 g/mol. The van der Waals surface area contributed by atoms with Crippen molar-refractivity contribution >= 4 is 0 Å². The number of ether oxygens (including phenoxy) is 1. The third kappa shape index (κ3) is 5.17. The highest BCUT2D eigenvalue weighted by Gasteiger charge is 2.02. The zero-order valence-electron chi connectivity index (χ0n) is 10.9. The Balaban J connectivity index is 2.51. The maximum atomic E-state index is 13.6. The van der Waals surface area contributed by atoms with Crippen molar-refractivity contribution in [3.05, 3.63) is 29.6 Å². The smallest absolute Gasteiger partial charge is 0.142 e. The van der Waals surface area contributed by atoms with Crippen molar-refractivity contribution in [3.63, 3.8) is 0 Å². The molecule has 0 bridgehead atoms. The van der Waals surface area contributed by atoms with Crippen LogP contribution < -0.4 is 10.5 Å². The van der Waals surface area contributed by atoms with Crippen LogP contribution in [0.1, 0.15) is 12.0 Å². The fraction of sp³-hybridized carbons (Fsp3) is 0.429. The van der Waals surface area contributed by atoms with Gasteiger partial charge in [0.05, 0.1) is 18.7 Å². The summed E-state index contributed by atoms with van der Waals surface area (Å²) in [4.78, 5) is 2.08. The van der Waals surface area contributed by atoms with Crippen LogP contribution in [0.15, 0.2) is 18.2 Å². The van der Waals surface area contributed by atoms with Gasteiger partial charge in [0.2, 0.25) is 0 Å². The number of nitrogens with zero attached hydrogens (tertiary/aromatic N) is 1. The van der Waals surface area contributed by atoms with Crippen LogP contribution in [0.25, 0.3) is 0 Å². The zero-order chi connectivity index (χ0) is 13.4. The Kier molecular flexibility index (Phi) is 6.20. The number of rotatable bonds is 5. The number of hydrogen-bond donors (Lipinski definition) is 1. The first kappa shape index (κ1) is 14.5. The maximum Gasteiger partial charge on any atom is 0.142 e. The van der Waals surface area contributed by atoms with E-state index in [2.05, 4.69) is 16.7 Å². The summed E-state index contributed by atoms with van der Waals surface area (Å²) < 4.78 is 19.0. The summed E-state index contributed by atoms with van der Waals surface area (Å²) in [7, 11) is 4.01. The number of hydrogen-bond acceptors (Lipinski definition) is 3. The second-order valence-corrected chi connectivity index (χ2v) is 4.15.